The van der Waals surface area contributed by atoms with E-state index in [0.717, 1.165) is 0 Å². The van der Waals surface area contributed by atoms with E-state index in [0.29, 0.717) is 5.56 Å². The number of hydrogen-bond acceptors (Lipinski definition) is 4. The van der Waals surface area contributed by atoms with Gasteiger partial charge in [0.25, 0.3) is 0 Å². The highest BCUT2D eigenvalue weighted by atomic mass is 35.5. The molecule has 8 heteroatoms. The second kappa shape index (κ2) is 7.12. The van der Waals surface area contributed by atoms with Crippen molar-refractivity contribution in [3.05, 3.63) is 43.6 Å². The first-order valence-corrected chi connectivity index (χ1v) is 6.23. The van der Waals surface area contributed by atoms with Crippen molar-refractivity contribution in [2.45, 2.75) is 13.3 Å². The second-order valence-corrected chi connectivity index (χ2v) is 4.57. The highest BCUT2D eigenvalue weighted by Crippen LogP contribution is 2.35. The Balaban J connectivity index is 2.95. The van der Waals surface area contributed by atoms with Gasteiger partial charge in [-0.25, -0.2) is 0 Å². The zero-order valence-corrected chi connectivity index (χ0v) is 11.9. The lowest BCUT2D eigenvalue weighted by Gasteiger charge is -2.09. The summed E-state index contributed by atoms with van der Waals surface area (Å²) in [5, 5.41) is 19.2. The van der Waals surface area contributed by atoms with Gasteiger partial charge in [-0.15, -0.1) is 0 Å². The molecule has 1 rings (SSSR count). The highest BCUT2D eigenvalue weighted by molar-refractivity contribution is 6.43. The predicted octanol–water partition coefficient (Wildman–Crippen LogP) is 3.48. The van der Waals surface area contributed by atoms with E-state index in [-0.39, 0.29) is 34.5 Å². The molecule has 0 fully saturated rings. The summed E-state index contributed by atoms with van der Waals surface area (Å²) in [7, 11) is 0. The lowest BCUT2D eigenvalue weighted by Crippen LogP contribution is -2.05. The maximum atomic E-state index is 10.6. The van der Waals surface area contributed by atoms with Gasteiger partial charge in [0.2, 0.25) is 5.70 Å². The summed E-state index contributed by atoms with van der Waals surface area (Å²) >= 11 is 12.0. The number of halogens is 2. The van der Waals surface area contributed by atoms with Crippen molar-refractivity contribution in [3.63, 3.8) is 0 Å². The Morgan fingerprint density at radius 3 is 2.65 bits per heavy atom. The third-order valence-corrected chi connectivity index (χ3v) is 3.18. The molecular formula is C12H11Cl2NO5. The van der Waals surface area contributed by atoms with E-state index in [4.69, 9.17) is 33.0 Å². The molecule has 0 amide bonds. The van der Waals surface area contributed by atoms with Crippen molar-refractivity contribution >= 4 is 35.2 Å². The van der Waals surface area contributed by atoms with Crippen LogP contribution in [-0.4, -0.2) is 22.6 Å². The number of hydrogen-bond donors (Lipinski definition) is 1. The van der Waals surface area contributed by atoms with Crippen LogP contribution in [0.1, 0.15) is 18.9 Å². The summed E-state index contributed by atoms with van der Waals surface area (Å²) in [5.74, 6) is -0.762. The van der Waals surface area contributed by atoms with E-state index >= 15 is 0 Å². The molecule has 108 valence electrons. The standard InChI is InChI=1S/C12H11Cl2NO5/c1-7(15(18)19)6-8-2-3-9(12(14)11(8)13)20-5-4-10(16)17/h2-3,6H,4-5H2,1H3,(H,16,17)/b7-6-. The number of ether oxygens (including phenoxy) is 1. The summed E-state index contributed by atoms with van der Waals surface area (Å²) in [6.07, 6.45) is 1.12. The molecule has 0 unspecified atom stereocenters. The Kier molecular flexibility index (Phi) is 5.79. The SMILES string of the molecule is C/C(=C/c1ccc(OCCC(=O)O)c(Cl)c1Cl)[N+](=O)[O-]. The molecule has 6 nitrogen and oxygen atoms in total. The van der Waals surface area contributed by atoms with Crippen LogP contribution < -0.4 is 4.74 Å². The normalized spacial score (nSPS) is 11.2. The molecule has 0 aliphatic heterocycles. The molecule has 1 aromatic carbocycles. The Morgan fingerprint density at radius 2 is 2.10 bits per heavy atom. The summed E-state index contributed by atoms with van der Waals surface area (Å²) < 4.78 is 5.18. The first kappa shape index (κ1) is 16.3. The topological polar surface area (TPSA) is 89.7 Å². The molecule has 20 heavy (non-hydrogen) atoms. The average molecular weight is 320 g/mol. The van der Waals surface area contributed by atoms with Gasteiger partial charge in [-0.3, -0.25) is 14.9 Å². The van der Waals surface area contributed by atoms with Crippen molar-refractivity contribution < 1.29 is 19.6 Å². The van der Waals surface area contributed by atoms with Crippen molar-refractivity contribution in [3.8, 4) is 5.75 Å². The fraction of sp³-hybridized carbons (Fsp3) is 0.250. The van der Waals surface area contributed by atoms with Crippen molar-refractivity contribution in [2.24, 2.45) is 0 Å². The Bertz CT molecular complexity index is 571. The van der Waals surface area contributed by atoms with Crippen molar-refractivity contribution in [2.75, 3.05) is 6.61 Å². The minimum Gasteiger partial charge on any atom is -0.491 e. The van der Waals surface area contributed by atoms with Crippen LogP contribution in [0, 0.1) is 10.1 Å². The summed E-state index contributed by atoms with van der Waals surface area (Å²) in [6, 6.07) is 2.99. The molecule has 0 aliphatic carbocycles. The van der Waals surface area contributed by atoms with Crippen LogP contribution in [0.3, 0.4) is 0 Å². The smallest absolute Gasteiger partial charge is 0.306 e. The van der Waals surface area contributed by atoms with Gasteiger partial charge >= 0.3 is 5.97 Å². The molecule has 1 aromatic rings. The van der Waals surface area contributed by atoms with E-state index in [1.165, 1.54) is 25.1 Å². The molecule has 0 saturated heterocycles. The van der Waals surface area contributed by atoms with Crippen LogP contribution in [-0.2, 0) is 4.79 Å². The van der Waals surface area contributed by atoms with Gasteiger partial charge in [0, 0.05) is 18.6 Å². The van der Waals surface area contributed by atoms with Crippen LogP contribution in [0.5, 0.6) is 5.75 Å². The number of aliphatic carboxylic acids is 1. The molecular weight excluding hydrogens is 309 g/mol. The summed E-state index contributed by atoms with van der Waals surface area (Å²) in [4.78, 5) is 20.4. The maximum Gasteiger partial charge on any atom is 0.306 e. The molecule has 0 radical (unpaired) electrons. The second-order valence-electron chi connectivity index (χ2n) is 3.82. The van der Waals surface area contributed by atoms with Gasteiger partial charge in [-0.05, 0) is 12.1 Å². The lowest BCUT2D eigenvalue weighted by molar-refractivity contribution is -0.422. The van der Waals surface area contributed by atoms with Crippen LogP contribution in [0.15, 0.2) is 17.8 Å². The highest BCUT2D eigenvalue weighted by Gasteiger charge is 2.12. The van der Waals surface area contributed by atoms with Crippen LogP contribution in [0.25, 0.3) is 6.08 Å². The number of nitrogens with zero attached hydrogens (tertiary/aromatic N) is 1. The third kappa shape index (κ3) is 4.40. The van der Waals surface area contributed by atoms with Crippen LogP contribution in [0.4, 0.5) is 0 Å². The monoisotopic (exact) mass is 319 g/mol. The Labute approximate surface area is 124 Å². The van der Waals surface area contributed by atoms with E-state index in [1.807, 2.05) is 0 Å². The van der Waals surface area contributed by atoms with Crippen LogP contribution >= 0.6 is 23.2 Å². The zero-order valence-electron chi connectivity index (χ0n) is 10.4. The number of benzene rings is 1. The van der Waals surface area contributed by atoms with Crippen LogP contribution in [0.2, 0.25) is 10.0 Å². The summed E-state index contributed by atoms with van der Waals surface area (Å²) in [5.41, 5.74) is 0.305. The van der Waals surface area contributed by atoms with E-state index in [9.17, 15) is 14.9 Å². The Morgan fingerprint density at radius 1 is 1.45 bits per heavy atom. The van der Waals surface area contributed by atoms with Gasteiger partial charge in [0.1, 0.15) is 10.8 Å². The number of rotatable bonds is 6. The van der Waals surface area contributed by atoms with Gasteiger partial charge in [-0.2, -0.15) is 0 Å². The van der Waals surface area contributed by atoms with Crippen molar-refractivity contribution in [1.29, 1.82) is 0 Å². The van der Waals surface area contributed by atoms with E-state index < -0.39 is 10.9 Å². The minimum absolute atomic E-state index is 0.0471. The number of carboxylic acids is 1. The number of carboxylic acid groups (broad SMARTS) is 1. The summed E-state index contributed by atoms with van der Waals surface area (Å²) in [6.45, 7) is 1.29. The van der Waals surface area contributed by atoms with Gasteiger partial charge in [0.15, 0.2) is 0 Å². The first-order chi connectivity index (χ1) is 9.32. The lowest BCUT2D eigenvalue weighted by atomic mass is 10.2. The molecule has 0 aliphatic rings. The fourth-order valence-electron chi connectivity index (χ4n) is 1.30. The largest absolute Gasteiger partial charge is 0.491 e. The molecule has 0 saturated carbocycles. The van der Waals surface area contributed by atoms with E-state index in [1.54, 1.807) is 0 Å². The third-order valence-electron chi connectivity index (χ3n) is 2.30. The number of nitro groups is 1. The maximum absolute atomic E-state index is 10.6. The number of carbonyl (C=O) groups is 1. The van der Waals surface area contributed by atoms with E-state index in [2.05, 4.69) is 0 Å². The quantitative estimate of drug-likeness (QED) is 0.640. The van der Waals surface area contributed by atoms with Gasteiger partial charge in [-0.1, -0.05) is 23.2 Å². The van der Waals surface area contributed by atoms with Crippen molar-refractivity contribution in [1.82, 2.24) is 0 Å². The predicted molar refractivity (Wildman–Crippen MR) is 74.9 cm³/mol. The minimum atomic E-state index is -0.992. The van der Waals surface area contributed by atoms with Gasteiger partial charge < -0.3 is 9.84 Å². The average Bonchev–Trinajstić information content (AvgIpc) is 2.37. The molecule has 0 aromatic heterocycles. The number of allylic oxidation sites excluding steroid dienone is 1. The molecule has 0 atom stereocenters. The molecule has 1 N–H and O–H groups in total. The Hall–Kier alpha value is -1.79. The molecule has 0 spiro atoms. The fourth-order valence-corrected chi connectivity index (χ4v) is 1.73. The van der Waals surface area contributed by atoms with Gasteiger partial charge in [0.05, 0.1) is 23.0 Å². The first-order valence-electron chi connectivity index (χ1n) is 5.48. The molecule has 0 heterocycles. The molecule has 0 bridgehead atoms. The zero-order chi connectivity index (χ0) is 15.3.